The summed E-state index contributed by atoms with van der Waals surface area (Å²) in [7, 11) is 0. The van der Waals surface area contributed by atoms with Crippen LogP contribution in [0.1, 0.15) is 105 Å². The highest BCUT2D eigenvalue weighted by Crippen LogP contribution is 2.26. The zero-order valence-corrected chi connectivity index (χ0v) is 81.8. The Morgan fingerprint density at radius 1 is 0.220 bits per heavy atom. The summed E-state index contributed by atoms with van der Waals surface area (Å²) >= 11 is 0. The van der Waals surface area contributed by atoms with E-state index in [1.165, 1.54) is 134 Å². The number of carbonyl (C=O) groups is 1. The monoisotopic (exact) mass is 1870 g/mol. The van der Waals surface area contributed by atoms with Crippen LogP contribution in [-0.4, -0.2) is 135 Å². The van der Waals surface area contributed by atoms with Crippen LogP contribution >= 0.6 is 0 Å². The molecule has 27 heteroatoms. The van der Waals surface area contributed by atoms with Crippen molar-refractivity contribution in [3.8, 4) is 0 Å². The molecule has 0 bridgehead atoms. The number of aryl methyl sites for hydroxylation is 14. The van der Waals surface area contributed by atoms with Gasteiger partial charge >= 0.3 is 0 Å². The van der Waals surface area contributed by atoms with Gasteiger partial charge in [0.15, 0.2) is 5.65 Å². The number of anilines is 2. The minimum Gasteiger partial charge on any atom is -0.384 e. The molecule has 25 aromatic rings. The molecule has 0 unspecified atom stereocenters. The number of amides is 1. The third kappa shape index (κ3) is 28.0. The summed E-state index contributed by atoms with van der Waals surface area (Å²) in [6, 6.07) is 70.9. The fourth-order valence-corrected chi connectivity index (χ4v) is 15.7. The molecule has 0 radical (unpaired) electrons. The van der Waals surface area contributed by atoms with E-state index in [1.807, 2.05) is 215 Å². The molecule has 28 rings (SSSR count). The molecule has 0 atom stereocenters. The number of aromatic nitrogens is 23. The largest absolute Gasteiger partial charge is 0.384 e. The Bertz CT molecular complexity index is 6920. The van der Waals surface area contributed by atoms with Gasteiger partial charge < -0.3 is 45.9 Å². The first-order valence-corrected chi connectivity index (χ1v) is 46.7. The van der Waals surface area contributed by atoms with Crippen molar-refractivity contribution in [1.29, 1.82) is 0 Å². The lowest BCUT2D eigenvalue weighted by molar-refractivity contribution is 0.0965. The predicted octanol–water partition coefficient (Wildman–Crippen LogP) is 25.1. The second kappa shape index (κ2) is 47.6. The normalized spacial score (nSPS) is 11.4. The van der Waals surface area contributed by atoms with Crippen LogP contribution in [0.3, 0.4) is 0 Å². The standard InChI is InChI=1S/C9H9NO.C9H11N.C9H9N.C9H11N.C9H9N.6C8H8N2.3C7H7N3/c1-6-2-3-8-7(4-6)5-10-9(8)11;2*1-7-2-3-9-8(6-7)4-5-10-9;2*1-7-2-3-8-4-5-10-9(8)6-7;1-6-4-8-7(5-10-6)2-3-9-8;1-6-4-7-2-3-9-8(7)5-10-6;1-6-4-8-7(10-5-6)2-3-9-8;1-6-4-7-2-3-9-8(7)10-5-6;1-6-2-3-8-7(4-6)5-9-10-8;1-6-2-3-7-5-9-10-8(7)4-6;1-5-2-6-3-9-10-7(6)4-8-5;1-5-2-6-7(8-3-5)4-9-10-6;1-5-2-6-4-9-10-7(6)8-3-5/h2-4H,5H2,1H3,(H,10,11);2-3,6,10H,4-5H2,1H3;2-6,10H,1H3;2-3,6,10H,4-5H2,1H3;2-6,10H,1H3;3*2-5,9H,1H3;3*2-5H,1H3,(H,9,10);2*2-4H,1H3,(H,9,10);2-4H,1H3,(H,8,9,10). The van der Waals surface area contributed by atoms with Gasteiger partial charge in [-0.3, -0.25) is 55.2 Å². The number of H-pyrrole nitrogens is 11. The smallest absolute Gasteiger partial charge is 0.251 e. The predicted molar refractivity (Wildman–Crippen MR) is 576 cm³/mol. The molecular formula is C114H118N26O. The third-order valence-corrected chi connectivity index (χ3v) is 23.0. The Labute approximate surface area is 817 Å². The first-order chi connectivity index (χ1) is 68.5. The molecule has 0 aliphatic carbocycles. The van der Waals surface area contributed by atoms with Crippen LogP contribution in [0.25, 0.3) is 120 Å². The van der Waals surface area contributed by atoms with Crippen molar-refractivity contribution >= 4 is 138 Å². The molecule has 3 aliphatic rings. The summed E-state index contributed by atoms with van der Waals surface area (Å²) in [5, 5.41) is 53.8. The van der Waals surface area contributed by atoms with Crippen LogP contribution in [0.15, 0.2) is 318 Å². The zero-order chi connectivity index (χ0) is 98.5. The zero-order valence-electron chi connectivity index (χ0n) is 81.8. The molecule has 141 heavy (non-hydrogen) atoms. The highest BCUT2D eigenvalue weighted by Gasteiger charge is 2.18. The van der Waals surface area contributed by atoms with Crippen molar-refractivity contribution in [2.75, 3.05) is 23.7 Å². The van der Waals surface area contributed by atoms with Crippen LogP contribution in [0.4, 0.5) is 11.4 Å². The molecule has 1 amide bonds. The summed E-state index contributed by atoms with van der Waals surface area (Å²) in [6.45, 7) is 31.6. The number of fused-ring (bicyclic) bond motifs is 14. The van der Waals surface area contributed by atoms with E-state index in [0.29, 0.717) is 6.54 Å². The van der Waals surface area contributed by atoms with Crippen molar-refractivity contribution < 1.29 is 4.79 Å². The number of carbonyl (C=O) groups excluding carboxylic acids is 1. The Morgan fingerprint density at radius 3 is 1.40 bits per heavy atom. The summed E-state index contributed by atoms with van der Waals surface area (Å²) in [6.07, 6.45) is 35.8. The fraction of sp³-hybridized carbons (Fsp3) is 0.167. The lowest BCUT2D eigenvalue weighted by Crippen LogP contribution is -2.12. The van der Waals surface area contributed by atoms with E-state index >= 15 is 0 Å². The van der Waals surface area contributed by atoms with Gasteiger partial charge in [-0.25, -0.2) is 9.97 Å². The quantitative estimate of drug-likeness (QED) is 0.0671. The van der Waals surface area contributed by atoms with Gasteiger partial charge in [-0.2, -0.15) is 25.5 Å². The molecule has 710 valence electrons. The summed E-state index contributed by atoms with van der Waals surface area (Å²) < 4.78 is 0. The van der Waals surface area contributed by atoms with Gasteiger partial charge in [-0.05, 0) is 310 Å². The summed E-state index contributed by atoms with van der Waals surface area (Å²) in [5.41, 5.74) is 38.2. The van der Waals surface area contributed by atoms with E-state index in [9.17, 15) is 4.79 Å². The molecule has 14 N–H and O–H groups in total. The van der Waals surface area contributed by atoms with E-state index in [-0.39, 0.29) is 5.91 Å². The van der Waals surface area contributed by atoms with Crippen molar-refractivity contribution in [2.24, 2.45) is 0 Å². The van der Waals surface area contributed by atoms with Gasteiger partial charge in [0.2, 0.25) is 0 Å². The number of hydrogen-bond acceptors (Lipinski definition) is 15. The molecule has 18 aromatic heterocycles. The Morgan fingerprint density at radius 2 is 0.652 bits per heavy atom. The van der Waals surface area contributed by atoms with E-state index in [1.54, 1.807) is 24.8 Å². The summed E-state index contributed by atoms with van der Waals surface area (Å²) in [5.74, 6) is 0.0556. The van der Waals surface area contributed by atoms with E-state index < -0.39 is 0 Å². The molecular weight excluding hydrogens is 1750 g/mol. The average Bonchev–Trinajstić information content (AvgIpc) is 1.69. The molecule has 0 saturated carbocycles. The fourth-order valence-electron chi connectivity index (χ4n) is 15.7. The molecule has 3 aliphatic heterocycles. The first kappa shape index (κ1) is 97.8. The van der Waals surface area contributed by atoms with Crippen LogP contribution in [0.5, 0.6) is 0 Å². The second-order valence-electron chi connectivity index (χ2n) is 35.1. The minimum atomic E-state index is 0.0556. The summed E-state index contributed by atoms with van der Waals surface area (Å²) in [4.78, 5) is 58.8. The van der Waals surface area contributed by atoms with Gasteiger partial charge in [0.05, 0.1) is 82.0 Å². The van der Waals surface area contributed by atoms with Crippen molar-refractivity contribution in [1.82, 2.24) is 121 Å². The average molecular weight is 1870 g/mol. The highest BCUT2D eigenvalue weighted by atomic mass is 16.1. The van der Waals surface area contributed by atoms with Crippen LogP contribution in [0.2, 0.25) is 0 Å². The molecule has 21 heterocycles. The van der Waals surface area contributed by atoms with Crippen molar-refractivity contribution in [2.45, 2.75) is 116 Å². The lowest BCUT2D eigenvalue weighted by Gasteiger charge is -1.98. The van der Waals surface area contributed by atoms with E-state index in [2.05, 4.69) is 307 Å². The van der Waals surface area contributed by atoms with Crippen molar-refractivity contribution in [3.63, 3.8) is 0 Å². The van der Waals surface area contributed by atoms with Gasteiger partial charge in [0, 0.05) is 176 Å². The molecule has 0 saturated heterocycles. The van der Waals surface area contributed by atoms with Gasteiger partial charge in [0.25, 0.3) is 5.91 Å². The Hall–Kier alpha value is -17.8. The molecule has 7 aromatic carbocycles. The highest BCUT2D eigenvalue weighted by molar-refractivity contribution is 5.98. The maximum atomic E-state index is 11.1. The van der Waals surface area contributed by atoms with Gasteiger partial charge in [-0.1, -0.05) is 95.1 Å². The lowest BCUT2D eigenvalue weighted by atomic mass is 10.1. The minimum absolute atomic E-state index is 0.0556. The molecule has 0 fully saturated rings. The van der Waals surface area contributed by atoms with Gasteiger partial charge in [0.1, 0.15) is 11.2 Å². The number of benzene rings is 7. The van der Waals surface area contributed by atoms with E-state index in [4.69, 9.17) is 0 Å². The molecule has 27 nitrogen and oxygen atoms in total. The van der Waals surface area contributed by atoms with Crippen LogP contribution < -0.4 is 16.0 Å². The Balaban J connectivity index is 0.000000115. The number of nitrogens with zero attached hydrogens (tertiary/aromatic N) is 12. The maximum Gasteiger partial charge on any atom is 0.251 e. The maximum absolute atomic E-state index is 11.1. The Kier molecular flexibility index (Phi) is 33.0. The van der Waals surface area contributed by atoms with E-state index in [0.717, 1.165) is 124 Å². The van der Waals surface area contributed by atoms with Gasteiger partial charge in [-0.15, -0.1) is 0 Å². The third-order valence-electron chi connectivity index (χ3n) is 23.0. The number of nitrogens with one attached hydrogen (secondary N) is 14. The second-order valence-corrected chi connectivity index (χ2v) is 35.1. The van der Waals surface area contributed by atoms with Crippen LogP contribution in [0, 0.1) is 96.9 Å². The molecule has 0 spiro atoms. The number of hydrogen-bond donors (Lipinski definition) is 14. The van der Waals surface area contributed by atoms with Crippen molar-refractivity contribution in [3.05, 3.63) is 418 Å². The number of rotatable bonds is 0. The SMILES string of the molecule is Cc1cc2[nH]ccc2cn1.Cc1cc2cc[nH]c2cn1.Cc1cc2cn[nH]c2cn1.Cc1ccc2[nH]ccc2c1.Cc1ccc2[nH]ncc2c1.Cc1ccc2c(c1)CCN2.Cc1ccc2c(c1)CNC2=O.Cc1ccc2c(c1)NCC2.Cc1ccc2cc[nH]c2c1.Cc1ccc2cn[nH]c2c1.Cc1cnc2[nH]ccc2c1.Cc1cnc2[nH]ncc2c1.Cc1cnc2cc[nH]c2c1.Cc1cnc2cn[nH]c2c1. The number of aromatic amines is 11. The first-order valence-electron chi connectivity index (χ1n) is 46.7. The van der Waals surface area contributed by atoms with Crippen LogP contribution in [-0.2, 0) is 19.4 Å². The number of pyridine rings is 7. The topological polar surface area (TPSA) is 382 Å².